The van der Waals surface area contributed by atoms with Crippen molar-refractivity contribution in [3.8, 4) is 0 Å². The Morgan fingerprint density at radius 2 is 2.04 bits per heavy atom. The van der Waals surface area contributed by atoms with Gasteiger partial charge in [0.15, 0.2) is 5.11 Å². The molecule has 1 fully saturated rings. The summed E-state index contributed by atoms with van der Waals surface area (Å²) in [7, 11) is 1.44. The average Bonchev–Trinajstić information content (AvgIpc) is 3.15. The second kappa shape index (κ2) is 7.83. The minimum atomic E-state index is -0.261. The Balaban J connectivity index is 1.64. The van der Waals surface area contributed by atoms with E-state index in [0.717, 1.165) is 35.7 Å². The lowest BCUT2D eigenvalue weighted by Gasteiger charge is -2.29. The first-order valence-electron chi connectivity index (χ1n) is 8.92. The second-order valence-electron chi connectivity index (χ2n) is 6.78. The number of hydrogen-bond donors (Lipinski definition) is 2. The minimum absolute atomic E-state index is 0.261. The van der Waals surface area contributed by atoms with Gasteiger partial charge in [0.2, 0.25) is 0 Å². The predicted molar refractivity (Wildman–Crippen MR) is 103 cm³/mol. The lowest BCUT2D eigenvalue weighted by Crippen LogP contribution is -2.40. The van der Waals surface area contributed by atoms with Crippen LogP contribution in [0, 0.1) is 5.92 Å². The van der Waals surface area contributed by atoms with Crippen LogP contribution in [-0.2, 0) is 17.6 Å². The number of methoxy groups -OCH3 is 1. The van der Waals surface area contributed by atoms with Gasteiger partial charge in [-0.1, -0.05) is 13.3 Å². The quantitative estimate of drug-likeness (QED) is 0.615. The predicted octanol–water partition coefficient (Wildman–Crippen LogP) is 4.28. The van der Waals surface area contributed by atoms with Crippen LogP contribution in [0.1, 0.15) is 66.2 Å². The molecule has 1 saturated carbocycles. The zero-order valence-electron chi connectivity index (χ0n) is 14.4. The Morgan fingerprint density at radius 1 is 1.29 bits per heavy atom. The van der Waals surface area contributed by atoms with Crippen molar-refractivity contribution < 1.29 is 9.53 Å². The molecule has 2 aliphatic carbocycles. The molecule has 0 bridgehead atoms. The second-order valence-corrected chi connectivity index (χ2v) is 8.29. The van der Waals surface area contributed by atoms with E-state index in [9.17, 15) is 4.79 Å². The number of hydrogen-bond acceptors (Lipinski definition) is 4. The maximum atomic E-state index is 12.2. The number of aryl methyl sites for hydroxylation is 1. The molecule has 0 spiro atoms. The molecule has 0 atom stereocenters. The summed E-state index contributed by atoms with van der Waals surface area (Å²) < 4.78 is 4.98. The van der Waals surface area contributed by atoms with Gasteiger partial charge in [-0.15, -0.1) is 11.3 Å². The molecule has 0 amide bonds. The first kappa shape index (κ1) is 17.7. The van der Waals surface area contributed by atoms with E-state index in [-0.39, 0.29) is 5.97 Å². The van der Waals surface area contributed by atoms with Gasteiger partial charge in [-0.3, -0.25) is 0 Å². The fraction of sp³-hybridized carbons (Fsp3) is 0.667. The molecule has 1 heterocycles. The van der Waals surface area contributed by atoms with Gasteiger partial charge in [-0.05, 0) is 68.6 Å². The van der Waals surface area contributed by atoms with E-state index in [2.05, 4.69) is 17.6 Å². The number of anilines is 1. The fourth-order valence-electron chi connectivity index (χ4n) is 3.85. The van der Waals surface area contributed by atoms with Crippen LogP contribution in [0.25, 0.3) is 0 Å². The maximum absolute atomic E-state index is 12.2. The molecule has 6 heteroatoms. The minimum Gasteiger partial charge on any atom is -0.465 e. The number of carbonyl (C=O) groups is 1. The molecule has 2 N–H and O–H groups in total. The van der Waals surface area contributed by atoms with Crippen LogP contribution in [-0.4, -0.2) is 24.2 Å². The molecule has 0 aliphatic heterocycles. The Bertz CT molecular complexity index is 619. The molecule has 24 heavy (non-hydrogen) atoms. The summed E-state index contributed by atoms with van der Waals surface area (Å²) in [4.78, 5) is 13.5. The number of fused-ring (bicyclic) bond motifs is 1. The number of esters is 1. The van der Waals surface area contributed by atoms with Crippen molar-refractivity contribution in [2.75, 3.05) is 12.4 Å². The van der Waals surface area contributed by atoms with Crippen LogP contribution in [0.2, 0.25) is 0 Å². The third-order valence-electron chi connectivity index (χ3n) is 5.30. The standard InChI is InChI=1S/C18H26N2O2S2/c1-3-11-7-9-12(10-8-11)19-18(23)20-16-15(17(21)22-2)13-5-4-6-14(13)24-16/h11-12H,3-10H2,1-2H3,(H2,19,20,23). The number of carbonyl (C=O) groups excluding carboxylic acids is 1. The Morgan fingerprint density at radius 3 is 2.71 bits per heavy atom. The zero-order chi connectivity index (χ0) is 17.1. The van der Waals surface area contributed by atoms with Gasteiger partial charge in [-0.25, -0.2) is 4.79 Å². The van der Waals surface area contributed by atoms with Crippen molar-refractivity contribution in [3.63, 3.8) is 0 Å². The monoisotopic (exact) mass is 366 g/mol. The van der Waals surface area contributed by atoms with E-state index >= 15 is 0 Å². The van der Waals surface area contributed by atoms with E-state index in [0.29, 0.717) is 16.7 Å². The highest BCUT2D eigenvalue weighted by Gasteiger charge is 2.28. The Hall–Kier alpha value is -1.14. The van der Waals surface area contributed by atoms with Crippen molar-refractivity contribution in [1.29, 1.82) is 0 Å². The summed E-state index contributed by atoms with van der Waals surface area (Å²) in [6, 6.07) is 0.446. The van der Waals surface area contributed by atoms with Gasteiger partial charge in [-0.2, -0.15) is 0 Å². The van der Waals surface area contributed by atoms with Crippen LogP contribution in [0.15, 0.2) is 0 Å². The van der Waals surface area contributed by atoms with Gasteiger partial charge in [0, 0.05) is 10.9 Å². The molecule has 1 aromatic heterocycles. The van der Waals surface area contributed by atoms with E-state index in [1.54, 1.807) is 11.3 Å². The normalized spacial score (nSPS) is 22.8. The molecule has 0 aromatic carbocycles. The number of ether oxygens (including phenoxy) is 1. The summed E-state index contributed by atoms with van der Waals surface area (Å²) in [5, 5.41) is 8.17. The third kappa shape index (κ3) is 3.75. The average molecular weight is 367 g/mol. The highest BCUT2D eigenvalue weighted by atomic mass is 32.1. The van der Waals surface area contributed by atoms with Crippen LogP contribution in [0.3, 0.4) is 0 Å². The van der Waals surface area contributed by atoms with Crippen LogP contribution in [0.5, 0.6) is 0 Å². The van der Waals surface area contributed by atoms with Gasteiger partial charge >= 0.3 is 5.97 Å². The number of nitrogens with one attached hydrogen (secondary N) is 2. The Labute approximate surface area is 153 Å². The summed E-state index contributed by atoms with van der Waals surface area (Å²) in [5.41, 5.74) is 1.84. The highest BCUT2D eigenvalue weighted by Crippen LogP contribution is 2.39. The smallest absolute Gasteiger partial charge is 0.341 e. The van der Waals surface area contributed by atoms with Gasteiger partial charge < -0.3 is 15.4 Å². The third-order valence-corrected chi connectivity index (χ3v) is 6.72. The zero-order valence-corrected chi connectivity index (χ0v) is 16.1. The van der Waals surface area contributed by atoms with Gasteiger partial charge in [0.25, 0.3) is 0 Å². The van der Waals surface area contributed by atoms with Gasteiger partial charge in [0.1, 0.15) is 5.00 Å². The molecular formula is C18H26N2O2S2. The molecule has 0 unspecified atom stereocenters. The van der Waals surface area contributed by atoms with Crippen LogP contribution in [0.4, 0.5) is 5.00 Å². The molecule has 4 nitrogen and oxygen atoms in total. The highest BCUT2D eigenvalue weighted by molar-refractivity contribution is 7.80. The molecule has 2 aliphatic rings. The van der Waals surface area contributed by atoms with Crippen molar-refractivity contribution >= 4 is 39.6 Å². The van der Waals surface area contributed by atoms with Crippen molar-refractivity contribution in [2.24, 2.45) is 5.92 Å². The van der Waals surface area contributed by atoms with E-state index in [1.807, 2.05) is 0 Å². The SMILES string of the molecule is CCC1CCC(NC(=S)Nc2sc3c(c2C(=O)OC)CCC3)CC1. The largest absolute Gasteiger partial charge is 0.465 e. The van der Waals surface area contributed by atoms with Crippen LogP contribution < -0.4 is 10.6 Å². The van der Waals surface area contributed by atoms with E-state index in [1.165, 1.54) is 44.1 Å². The lowest BCUT2D eigenvalue weighted by molar-refractivity contribution is 0.0601. The van der Waals surface area contributed by atoms with Crippen molar-refractivity contribution in [1.82, 2.24) is 5.32 Å². The summed E-state index contributed by atoms with van der Waals surface area (Å²) in [6.07, 6.45) is 9.30. The molecule has 3 rings (SSSR count). The van der Waals surface area contributed by atoms with Crippen molar-refractivity contribution in [2.45, 2.75) is 64.3 Å². The molecule has 132 valence electrons. The molecule has 1 aromatic rings. The molecular weight excluding hydrogens is 340 g/mol. The van der Waals surface area contributed by atoms with E-state index < -0.39 is 0 Å². The van der Waals surface area contributed by atoms with E-state index in [4.69, 9.17) is 17.0 Å². The summed E-state index contributed by atoms with van der Waals surface area (Å²) >= 11 is 7.14. The number of thiophene rings is 1. The summed E-state index contributed by atoms with van der Waals surface area (Å²) in [6.45, 7) is 2.27. The fourth-order valence-corrected chi connectivity index (χ4v) is 5.47. The topological polar surface area (TPSA) is 50.4 Å². The number of rotatable bonds is 4. The maximum Gasteiger partial charge on any atom is 0.341 e. The summed E-state index contributed by atoms with van der Waals surface area (Å²) in [5.74, 6) is 0.610. The Kier molecular flexibility index (Phi) is 5.76. The molecule has 0 radical (unpaired) electrons. The molecule has 0 saturated heterocycles. The van der Waals surface area contributed by atoms with Gasteiger partial charge in [0.05, 0.1) is 12.7 Å². The van der Waals surface area contributed by atoms with Crippen molar-refractivity contribution in [3.05, 3.63) is 16.0 Å². The lowest BCUT2D eigenvalue weighted by atomic mass is 9.85. The first-order valence-corrected chi connectivity index (χ1v) is 10.1. The number of thiocarbonyl (C=S) groups is 1. The van der Waals surface area contributed by atoms with Crippen LogP contribution >= 0.6 is 23.6 Å². The first-order chi connectivity index (χ1) is 11.6.